The SMILES string of the molecule is Cn1cc(CN2CCC(c3nnc4ccc(-c5ccnn5C)nn34)CC2)cn1.O=C(O)C(F)(F)F. The van der Waals surface area contributed by atoms with E-state index >= 15 is 0 Å². The lowest BCUT2D eigenvalue weighted by molar-refractivity contribution is -0.192. The summed E-state index contributed by atoms with van der Waals surface area (Å²) in [5.74, 6) is -1.43. The van der Waals surface area contributed by atoms with Gasteiger partial charge in [0.25, 0.3) is 0 Å². The minimum atomic E-state index is -5.08. The third-order valence-corrected chi connectivity index (χ3v) is 5.73. The van der Waals surface area contributed by atoms with Crippen molar-refractivity contribution in [1.82, 2.24) is 44.3 Å². The molecule has 0 saturated carbocycles. The van der Waals surface area contributed by atoms with Gasteiger partial charge in [-0.15, -0.1) is 10.2 Å². The van der Waals surface area contributed by atoms with E-state index in [0.29, 0.717) is 5.92 Å². The number of rotatable bonds is 4. The lowest BCUT2D eigenvalue weighted by Crippen LogP contribution is -2.33. The maximum atomic E-state index is 10.6. The Bertz CT molecular complexity index is 1300. The van der Waals surface area contributed by atoms with E-state index in [0.717, 1.165) is 55.3 Å². The van der Waals surface area contributed by atoms with Gasteiger partial charge in [0.05, 0.1) is 11.9 Å². The van der Waals surface area contributed by atoms with Crippen LogP contribution in [0.2, 0.25) is 0 Å². The largest absolute Gasteiger partial charge is 0.490 e. The number of piperidine rings is 1. The molecule has 1 fully saturated rings. The molecule has 1 aliphatic heterocycles. The molecule has 0 bridgehead atoms. The Balaban J connectivity index is 0.000000364. The van der Waals surface area contributed by atoms with Crippen molar-refractivity contribution in [1.29, 1.82) is 0 Å². The molecule has 0 aromatic carbocycles. The number of aryl methyl sites for hydroxylation is 2. The molecule has 1 N–H and O–H groups in total. The second-order valence-electron chi connectivity index (χ2n) is 8.26. The van der Waals surface area contributed by atoms with Gasteiger partial charge in [0.1, 0.15) is 5.69 Å². The molecule has 14 heteroatoms. The summed E-state index contributed by atoms with van der Waals surface area (Å²) in [5, 5.41) is 29.2. The van der Waals surface area contributed by atoms with Crippen molar-refractivity contribution in [2.75, 3.05) is 13.1 Å². The van der Waals surface area contributed by atoms with Crippen molar-refractivity contribution in [3.8, 4) is 11.4 Å². The van der Waals surface area contributed by atoms with Gasteiger partial charge in [-0.3, -0.25) is 14.3 Å². The molecule has 0 aliphatic carbocycles. The van der Waals surface area contributed by atoms with Gasteiger partial charge >= 0.3 is 12.1 Å². The highest BCUT2D eigenvalue weighted by Crippen LogP contribution is 2.28. The lowest BCUT2D eigenvalue weighted by Gasteiger charge is -2.30. The van der Waals surface area contributed by atoms with Crippen LogP contribution in [0.5, 0.6) is 0 Å². The average Bonchev–Trinajstić information content (AvgIpc) is 3.53. The van der Waals surface area contributed by atoms with Crippen molar-refractivity contribution < 1.29 is 23.1 Å². The first-order chi connectivity index (χ1) is 16.6. The van der Waals surface area contributed by atoms with E-state index < -0.39 is 12.1 Å². The zero-order valence-corrected chi connectivity index (χ0v) is 19.1. The number of hydrogen-bond donors (Lipinski definition) is 1. The number of hydrogen-bond acceptors (Lipinski definition) is 7. The molecule has 5 heterocycles. The van der Waals surface area contributed by atoms with Crippen LogP contribution >= 0.6 is 0 Å². The second-order valence-corrected chi connectivity index (χ2v) is 8.26. The summed E-state index contributed by atoms with van der Waals surface area (Å²) in [6.45, 7) is 3.02. The number of likely N-dealkylation sites (tertiary alicyclic amines) is 1. The average molecular weight is 491 g/mol. The molecular formula is C21H24F3N9O2. The number of carboxylic acid groups (broad SMARTS) is 1. The van der Waals surface area contributed by atoms with Gasteiger partial charge < -0.3 is 5.11 Å². The van der Waals surface area contributed by atoms with Gasteiger partial charge in [0, 0.05) is 44.5 Å². The maximum absolute atomic E-state index is 10.6. The van der Waals surface area contributed by atoms with Crippen molar-refractivity contribution >= 4 is 11.6 Å². The molecule has 0 atom stereocenters. The zero-order valence-electron chi connectivity index (χ0n) is 19.1. The highest BCUT2D eigenvalue weighted by Gasteiger charge is 2.38. The molecule has 0 radical (unpaired) electrons. The van der Waals surface area contributed by atoms with Gasteiger partial charge in [-0.05, 0) is 44.1 Å². The zero-order chi connectivity index (χ0) is 25.2. The lowest BCUT2D eigenvalue weighted by atomic mass is 9.96. The smallest absolute Gasteiger partial charge is 0.475 e. The molecule has 1 aliphatic rings. The Kier molecular flexibility index (Phi) is 6.82. The summed E-state index contributed by atoms with van der Waals surface area (Å²) >= 11 is 0. The van der Waals surface area contributed by atoms with E-state index in [1.165, 1.54) is 5.56 Å². The fourth-order valence-electron chi connectivity index (χ4n) is 3.98. The normalized spacial score (nSPS) is 15.2. The Morgan fingerprint density at radius 3 is 2.40 bits per heavy atom. The van der Waals surface area contributed by atoms with Crippen molar-refractivity contribution in [2.45, 2.75) is 31.5 Å². The number of aliphatic carboxylic acids is 1. The quantitative estimate of drug-likeness (QED) is 0.462. The van der Waals surface area contributed by atoms with Crippen LogP contribution in [0.25, 0.3) is 17.0 Å². The number of nitrogens with zero attached hydrogens (tertiary/aromatic N) is 9. The number of aromatic nitrogens is 8. The predicted molar refractivity (Wildman–Crippen MR) is 117 cm³/mol. The van der Waals surface area contributed by atoms with Crippen molar-refractivity contribution in [3.63, 3.8) is 0 Å². The van der Waals surface area contributed by atoms with Gasteiger partial charge in [-0.2, -0.15) is 33.0 Å². The summed E-state index contributed by atoms with van der Waals surface area (Å²) in [6.07, 6.45) is 2.84. The molecule has 0 spiro atoms. The minimum Gasteiger partial charge on any atom is -0.475 e. The molecule has 1 saturated heterocycles. The van der Waals surface area contributed by atoms with E-state index in [9.17, 15) is 13.2 Å². The molecular weight excluding hydrogens is 467 g/mol. The summed E-state index contributed by atoms with van der Waals surface area (Å²) in [7, 11) is 3.88. The second kappa shape index (κ2) is 9.82. The standard InChI is InChI=1S/C19H23N9.C2HF3O2/c1-25-12-14(11-21-25)13-27-9-6-15(7-10-27)19-23-22-18-4-3-16(24-28(18)19)17-5-8-20-26(17)2;3-2(4,5)1(6)7/h3-5,8,11-12,15H,6-7,9-10,13H2,1-2H3;(H,6,7). The van der Waals surface area contributed by atoms with Crippen molar-refractivity contribution in [3.05, 3.63) is 48.2 Å². The Labute approximate surface area is 197 Å². The van der Waals surface area contributed by atoms with Gasteiger partial charge in [-0.1, -0.05) is 0 Å². The molecule has 35 heavy (non-hydrogen) atoms. The van der Waals surface area contributed by atoms with Crippen LogP contribution in [0.1, 0.15) is 30.1 Å². The Morgan fingerprint density at radius 1 is 1.11 bits per heavy atom. The van der Waals surface area contributed by atoms with Gasteiger partial charge in [0.15, 0.2) is 11.5 Å². The summed E-state index contributed by atoms with van der Waals surface area (Å²) < 4.78 is 37.3. The van der Waals surface area contributed by atoms with Crippen LogP contribution < -0.4 is 0 Å². The molecule has 186 valence electrons. The van der Waals surface area contributed by atoms with Crippen LogP contribution in [-0.2, 0) is 25.4 Å². The maximum Gasteiger partial charge on any atom is 0.490 e. The van der Waals surface area contributed by atoms with E-state index in [2.05, 4.69) is 31.5 Å². The monoisotopic (exact) mass is 491 g/mol. The predicted octanol–water partition coefficient (Wildman–Crippen LogP) is 2.27. The molecule has 0 unspecified atom stereocenters. The van der Waals surface area contributed by atoms with Gasteiger partial charge in [-0.25, -0.2) is 4.79 Å². The van der Waals surface area contributed by atoms with E-state index in [1.54, 1.807) is 6.20 Å². The Morgan fingerprint density at radius 2 is 1.83 bits per heavy atom. The first-order valence-corrected chi connectivity index (χ1v) is 10.8. The molecule has 4 aromatic rings. The highest BCUT2D eigenvalue weighted by atomic mass is 19.4. The number of carboxylic acids is 1. The van der Waals surface area contributed by atoms with Crippen LogP contribution in [0.4, 0.5) is 13.2 Å². The first kappa shape index (κ1) is 24.3. The van der Waals surface area contributed by atoms with E-state index in [-0.39, 0.29) is 0 Å². The summed E-state index contributed by atoms with van der Waals surface area (Å²) in [6, 6.07) is 5.92. The van der Waals surface area contributed by atoms with Crippen LogP contribution in [0, 0.1) is 0 Å². The topological polar surface area (TPSA) is 119 Å². The first-order valence-electron chi connectivity index (χ1n) is 10.8. The summed E-state index contributed by atoms with van der Waals surface area (Å²) in [4.78, 5) is 11.4. The number of halogens is 3. The number of alkyl halides is 3. The fraction of sp³-hybridized carbons (Fsp3) is 0.429. The highest BCUT2D eigenvalue weighted by molar-refractivity contribution is 5.73. The number of carbonyl (C=O) groups is 1. The third kappa shape index (κ3) is 5.65. The van der Waals surface area contributed by atoms with Crippen LogP contribution in [-0.4, -0.2) is 74.6 Å². The minimum absolute atomic E-state index is 0.370. The fourth-order valence-corrected chi connectivity index (χ4v) is 3.98. The van der Waals surface area contributed by atoms with Gasteiger partial charge in [0.2, 0.25) is 0 Å². The molecule has 5 rings (SSSR count). The third-order valence-electron chi connectivity index (χ3n) is 5.73. The molecule has 0 amide bonds. The van der Waals surface area contributed by atoms with E-state index in [1.807, 2.05) is 52.4 Å². The molecule has 11 nitrogen and oxygen atoms in total. The van der Waals surface area contributed by atoms with Crippen molar-refractivity contribution in [2.24, 2.45) is 14.1 Å². The Hall–Kier alpha value is -3.81. The van der Waals surface area contributed by atoms with Crippen LogP contribution in [0.3, 0.4) is 0 Å². The summed E-state index contributed by atoms with van der Waals surface area (Å²) in [5.41, 5.74) is 3.91. The number of fused-ring (bicyclic) bond motifs is 1. The van der Waals surface area contributed by atoms with Crippen LogP contribution in [0.15, 0.2) is 36.8 Å². The molecule has 4 aromatic heterocycles. The van der Waals surface area contributed by atoms with E-state index in [4.69, 9.17) is 15.0 Å².